The maximum atomic E-state index is 13.4. The molecule has 1 fully saturated rings. The Labute approximate surface area is 184 Å². The van der Waals surface area contributed by atoms with Gasteiger partial charge in [0.25, 0.3) is 5.91 Å². The lowest BCUT2D eigenvalue weighted by Crippen LogP contribution is -2.49. The molecule has 3 heterocycles. The number of carbonyl (C=O) groups is 1. The van der Waals surface area contributed by atoms with Gasteiger partial charge in [-0.1, -0.05) is 6.07 Å². The Kier molecular flexibility index (Phi) is 6.16. The van der Waals surface area contributed by atoms with E-state index in [2.05, 4.69) is 15.3 Å². The normalized spacial score (nSPS) is 14.9. The minimum Gasteiger partial charge on any atom is -0.495 e. The van der Waals surface area contributed by atoms with E-state index in [4.69, 9.17) is 4.74 Å². The number of benzene rings is 1. The van der Waals surface area contributed by atoms with Crippen molar-refractivity contribution in [3.8, 4) is 5.75 Å². The summed E-state index contributed by atoms with van der Waals surface area (Å²) in [6, 6.07) is 10.0. The number of anilines is 2. The summed E-state index contributed by atoms with van der Waals surface area (Å²) in [5, 5.41) is 4.84. The molecule has 2 aromatic heterocycles. The van der Waals surface area contributed by atoms with E-state index in [0.717, 1.165) is 5.82 Å². The molecule has 3 aromatic rings. The first-order chi connectivity index (χ1) is 15.0. The summed E-state index contributed by atoms with van der Waals surface area (Å²) in [7, 11) is -2.45. The van der Waals surface area contributed by atoms with Crippen LogP contribution in [0.25, 0.3) is 0 Å². The standard InChI is InChI=1S/C20H21N5O4S2/c1-29-16-6-5-15(19(26)23-20-22-8-13-30-20)14-17(16)31(27,28)25-11-9-24(10-12-25)18-4-2-3-7-21-18/h2-8,13-14H,9-12H2,1H3,(H,22,23,26). The molecule has 1 N–H and O–H groups in total. The smallest absolute Gasteiger partial charge is 0.257 e. The number of hydrogen-bond donors (Lipinski definition) is 1. The van der Waals surface area contributed by atoms with Gasteiger partial charge in [-0.2, -0.15) is 4.31 Å². The largest absolute Gasteiger partial charge is 0.495 e. The van der Waals surface area contributed by atoms with E-state index in [1.165, 1.54) is 41.0 Å². The van der Waals surface area contributed by atoms with Gasteiger partial charge in [0.05, 0.1) is 7.11 Å². The van der Waals surface area contributed by atoms with E-state index in [9.17, 15) is 13.2 Å². The summed E-state index contributed by atoms with van der Waals surface area (Å²) >= 11 is 1.28. The molecule has 162 valence electrons. The highest BCUT2D eigenvalue weighted by atomic mass is 32.2. The molecule has 1 aromatic carbocycles. The fourth-order valence-electron chi connectivity index (χ4n) is 3.31. The van der Waals surface area contributed by atoms with Gasteiger partial charge < -0.3 is 9.64 Å². The predicted molar refractivity (Wildman–Crippen MR) is 118 cm³/mol. The number of amides is 1. The van der Waals surface area contributed by atoms with Gasteiger partial charge in [0.15, 0.2) is 5.13 Å². The molecule has 1 amide bonds. The zero-order valence-electron chi connectivity index (χ0n) is 16.8. The van der Waals surface area contributed by atoms with Crippen molar-refractivity contribution >= 4 is 38.2 Å². The van der Waals surface area contributed by atoms with E-state index < -0.39 is 15.9 Å². The van der Waals surface area contributed by atoms with Crippen LogP contribution in [0.2, 0.25) is 0 Å². The quantitative estimate of drug-likeness (QED) is 0.603. The third-order valence-corrected chi connectivity index (χ3v) is 7.52. The van der Waals surface area contributed by atoms with Crippen LogP contribution in [-0.4, -0.2) is 61.9 Å². The zero-order chi connectivity index (χ0) is 21.8. The fraction of sp³-hybridized carbons (Fsp3) is 0.250. The molecule has 0 bridgehead atoms. The van der Waals surface area contributed by atoms with Crippen molar-refractivity contribution in [2.45, 2.75) is 4.90 Å². The van der Waals surface area contributed by atoms with Crippen LogP contribution in [-0.2, 0) is 10.0 Å². The van der Waals surface area contributed by atoms with Gasteiger partial charge in [-0.3, -0.25) is 10.1 Å². The van der Waals surface area contributed by atoms with Crippen LogP contribution >= 0.6 is 11.3 Å². The highest BCUT2D eigenvalue weighted by Crippen LogP contribution is 2.29. The predicted octanol–water partition coefficient (Wildman–Crippen LogP) is 2.31. The van der Waals surface area contributed by atoms with Crippen LogP contribution in [0, 0.1) is 0 Å². The summed E-state index contributed by atoms with van der Waals surface area (Å²) < 4.78 is 33.4. The van der Waals surface area contributed by atoms with E-state index in [1.54, 1.807) is 17.8 Å². The number of carbonyl (C=O) groups excluding carboxylic acids is 1. The second-order valence-electron chi connectivity index (χ2n) is 6.74. The number of methoxy groups -OCH3 is 1. The SMILES string of the molecule is COc1ccc(C(=O)Nc2nccs2)cc1S(=O)(=O)N1CCN(c2ccccn2)CC1. The van der Waals surface area contributed by atoms with Crippen molar-refractivity contribution in [1.29, 1.82) is 0 Å². The van der Waals surface area contributed by atoms with Gasteiger partial charge in [-0.05, 0) is 30.3 Å². The second kappa shape index (κ2) is 9.00. The second-order valence-corrected chi connectivity index (χ2v) is 9.54. The van der Waals surface area contributed by atoms with Crippen molar-refractivity contribution < 1.29 is 17.9 Å². The number of ether oxygens (including phenoxy) is 1. The molecule has 9 nitrogen and oxygen atoms in total. The average molecular weight is 460 g/mol. The summed E-state index contributed by atoms with van der Waals surface area (Å²) in [5.41, 5.74) is 0.210. The lowest BCUT2D eigenvalue weighted by atomic mass is 10.2. The van der Waals surface area contributed by atoms with Crippen LogP contribution in [0.4, 0.5) is 10.9 Å². The molecule has 1 saturated heterocycles. The molecule has 0 aliphatic carbocycles. The highest BCUT2D eigenvalue weighted by molar-refractivity contribution is 7.89. The topological polar surface area (TPSA) is 105 Å². The minimum atomic E-state index is -3.86. The van der Waals surface area contributed by atoms with E-state index in [1.807, 2.05) is 23.1 Å². The Morgan fingerprint density at radius 1 is 1.10 bits per heavy atom. The molecular weight excluding hydrogens is 438 g/mol. The number of hydrogen-bond acceptors (Lipinski definition) is 8. The Morgan fingerprint density at radius 3 is 2.55 bits per heavy atom. The number of sulfonamides is 1. The third kappa shape index (κ3) is 4.53. The molecular formula is C20H21N5O4S2. The number of aromatic nitrogens is 2. The summed E-state index contributed by atoms with van der Waals surface area (Å²) in [4.78, 5) is 22.9. The molecule has 0 radical (unpaired) electrons. The lowest BCUT2D eigenvalue weighted by molar-refractivity contribution is 0.102. The minimum absolute atomic E-state index is 0.0342. The number of rotatable bonds is 6. The maximum Gasteiger partial charge on any atom is 0.257 e. The zero-order valence-corrected chi connectivity index (χ0v) is 18.4. The van der Waals surface area contributed by atoms with E-state index in [0.29, 0.717) is 31.3 Å². The van der Waals surface area contributed by atoms with Crippen LogP contribution in [0.1, 0.15) is 10.4 Å². The highest BCUT2D eigenvalue weighted by Gasteiger charge is 2.32. The van der Waals surface area contributed by atoms with Crippen LogP contribution in [0.15, 0.2) is 59.1 Å². The van der Waals surface area contributed by atoms with Gasteiger partial charge in [0, 0.05) is 49.5 Å². The van der Waals surface area contributed by atoms with Crippen molar-refractivity contribution in [2.75, 3.05) is 43.5 Å². The van der Waals surface area contributed by atoms with Crippen molar-refractivity contribution in [3.05, 3.63) is 59.7 Å². The van der Waals surface area contributed by atoms with Gasteiger partial charge in [-0.15, -0.1) is 11.3 Å². The molecule has 0 saturated carbocycles. The number of nitrogens with one attached hydrogen (secondary N) is 1. The van der Waals surface area contributed by atoms with Crippen LogP contribution < -0.4 is 15.0 Å². The monoisotopic (exact) mass is 459 g/mol. The Bertz CT molecular complexity index is 1150. The van der Waals surface area contributed by atoms with Crippen LogP contribution in [0.3, 0.4) is 0 Å². The fourth-order valence-corrected chi connectivity index (χ4v) is 5.44. The molecule has 1 aliphatic heterocycles. The Balaban J connectivity index is 1.55. The van der Waals surface area contributed by atoms with Gasteiger partial charge in [0.2, 0.25) is 10.0 Å². The Hall–Kier alpha value is -3.02. The molecule has 0 atom stereocenters. The summed E-state index contributed by atoms with van der Waals surface area (Å²) in [6.07, 6.45) is 3.29. The first kappa shape index (κ1) is 21.2. The van der Waals surface area contributed by atoms with Crippen LogP contribution in [0.5, 0.6) is 5.75 Å². The van der Waals surface area contributed by atoms with E-state index in [-0.39, 0.29) is 16.2 Å². The molecule has 1 aliphatic rings. The third-order valence-electron chi connectivity index (χ3n) is 4.91. The van der Waals surface area contributed by atoms with Crippen molar-refractivity contribution in [2.24, 2.45) is 0 Å². The van der Waals surface area contributed by atoms with Crippen molar-refractivity contribution in [3.63, 3.8) is 0 Å². The number of nitrogens with zero attached hydrogens (tertiary/aromatic N) is 4. The number of thiazole rings is 1. The maximum absolute atomic E-state index is 13.4. The first-order valence-corrected chi connectivity index (χ1v) is 11.9. The molecule has 0 spiro atoms. The summed E-state index contributed by atoms with van der Waals surface area (Å²) in [5.74, 6) is 0.574. The average Bonchev–Trinajstić information content (AvgIpc) is 3.32. The molecule has 31 heavy (non-hydrogen) atoms. The Morgan fingerprint density at radius 2 is 1.90 bits per heavy atom. The van der Waals surface area contributed by atoms with Gasteiger partial charge in [-0.25, -0.2) is 18.4 Å². The lowest BCUT2D eigenvalue weighted by Gasteiger charge is -2.34. The van der Waals surface area contributed by atoms with E-state index >= 15 is 0 Å². The summed E-state index contributed by atoms with van der Waals surface area (Å²) in [6.45, 7) is 1.64. The molecule has 0 unspecified atom stereocenters. The van der Waals surface area contributed by atoms with Gasteiger partial charge >= 0.3 is 0 Å². The number of pyridine rings is 1. The van der Waals surface area contributed by atoms with Crippen molar-refractivity contribution in [1.82, 2.24) is 14.3 Å². The molecule has 11 heteroatoms. The number of piperazine rings is 1. The van der Waals surface area contributed by atoms with Gasteiger partial charge in [0.1, 0.15) is 16.5 Å². The first-order valence-electron chi connectivity index (χ1n) is 9.54. The molecule has 4 rings (SSSR count).